The summed E-state index contributed by atoms with van der Waals surface area (Å²) in [5.41, 5.74) is 1.53. The predicted molar refractivity (Wildman–Crippen MR) is 78.1 cm³/mol. The van der Waals surface area contributed by atoms with Crippen LogP contribution in [-0.2, 0) is 13.0 Å². The zero-order valence-electron chi connectivity index (χ0n) is 11.5. The Kier molecular flexibility index (Phi) is 3.73. The molecule has 2 atom stereocenters. The Labute approximate surface area is 114 Å². The van der Waals surface area contributed by atoms with E-state index in [4.69, 9.17) is 0 Å². The average Bonchev–Trinajstić information content (AvgIpc) is 2.99. The van der Waals surface area contributed by atoms with Gasteiger partial charge in [-0.05, 0) is 49.6 Å². The van der Waals surface area contributed by atoms with Crippen molar-refractivity contribution < 1.29 is 0 Å². The van der Waals surface area contributed by atoms with Crippen LogP contribution in [0.4, 0.5) is 0 Å². The molecule has 0 bridgehead atoms. The zero-order valence-corrected chi connectivity index (χ0v) is 12.3. The van der Waals surface area contributed by atoms with E-state index in [-0.39, 0.29) is 0 Å². The van der Waals surface area contributed by atoms with Crippen LogP contribution in [0.1, 0.15) is 43.6 Å². The number of rotatable bonds is 5. The van der Waals surface area contributed by atoms with Gasteiger partial charge in [0.05, 0.1) is 0 Å². The third-order valence-corrected chi connectivity index (χ3v) is 5.37. The summed E-state index contributed by atoms with van der Waals surface area (Å²) in [4.78, 5) is 4.25. The number of likely N-dealkylation sites (tertiary alicyclic amines) is 1. The molecule has 2 nitrogen and oxygen atoms in total. The Morgan fingerprint density at radius 2 is 2.28 bits per heavy atom. The molecule has 1 saturated carbocycles. The summed E-state index contributed by atoms with van der Waals surface area (Å²) in [7, 11) is 0. The van der Waals surface area contributed by atoms with E-state index in [1.807, 2.05) is 11.3 Å². The van der Waals surface area contributed by atoms with E-state index in [1.165, 1.54) is 36.2 Å². The minimum absolute atomic E-state index is 0.701. The molecule has 2 aliphatic rings. The molecular weight excluding hydrogens is 240 g/mol. The van der Waals surface area contributed by atoms with Gasteiger partial charge < -0.3 is 5.32 Å². The third kappa shape index (κ3) is 2.63. The van der Waals surface area contributed by atoms with E-state index in [1.54, 1.807) is 0 Å². The highest BCUT2D eigenvalue weighted by Gasteiger charge is 2.38. The van der Waals surface area contributed by atoms with Crippen LogP contribution in [0.5, 0.6) is 0 Å². The molecule has 2 heterocycles. The van der Waals surface area contributed by atoms with Crippen molar-refractivity contribution in [3.8, 4) is 0 Å². The predicted octanol–water partition coefficient (Wildman–Crippen LogP) is 3.03. The second-order valence-electron chi connectivity index (χ2n) is 5.81. The summed E-state index contributed by atoms with van der Waals surface area (Å²) in [5.74, 6) is 0. The first kappa shape index (κ1) is 12.6. The maximum absolute atomic E-state index is 3.77. The Hall–Kier alpha value is -0.380. The van der Waals surface area contributed by atoms with Gasteiger partial charge in [0, 0.05) is 36.1 Å². The topological polar surface area (TPSA) is 15.3 Å². The maximum Gasteiger partial charge on any atom is 0.0305 e. The van der Waals surface area contributed by atoms with Crippen LogP contribution in [0.15, 0.2) is 11.4 Å². The third-order valence-electron chi connectivity index (χ3n) is 4.41. The number of hydrogen-bond acceptors (Lipinski definition) is 3. The van der Waals surface area contributed by atoms with Gasteiger partial charge in [0.1, 0.15) is 0 Å². The van der Waals surface area contributed by atoms with Gasteiger partial charge in [-0.2, -0.15) is 0 Å². The molecule has 1 N–H and O–H groups in total. The summed E-state index contributed by atoms with van der Waals surface area (Å²) in [6.07, 6.45) is 5.35. The fourth-order valence-corrected chi connectivity index (χ4v) is 4.12. The lowest BCUT2D eigenvalue weighted by atomic mass is 10.1. The first-order valence-electron chi connectivity index (χ1n) is 7.32. The first-order chi connectivity index (χ1) is 8.78. The van der Waals surface area contributed by atoms with Crippen LogP contribution in [0.25, 0.3) is 0 Å². The number of hydrogen-bond donors (Lipinski definition) is 1. The second-order valence-corrected chi connectivity index (χ2v) is 6.81. The van der Waals surface area contributed by atoms with E-state index in [0.29, 0.717) is 6.04 Å². The molecule has 18 heavy (non-hydrogen) atoms. The quantitative estimate of drug-likeness (QED) is 0.879. The van der Waals surface area contributed by atoms with Crippen LogP contribution >= 0.6 is 11.3 Å². The van der Waals surface area contributed by atoms with Crippen molar-refractivity contribution in [2.75, 3.05) is 6.54 Å². The Morgan fingerprint density at radius 3 is 3.00 bits per heavy atom. The van der Waals surface area contributed by atoms with Crippen LogP contribution in [0.2, 0.25) is 0 Å². The molecule has 3 rings (SSSR count). The molecule has 0 radical (unpaired) electrons. The lowest BCUT2D eigenvalue weighted by Crippen LogP contribution is -2.33. The molecule has 1 aromatic heterocycles. The molecule has 1 aliphatic carbocycles. The fourth-order valence-electron chi connectivity index (χ4n) is 3.19. The van der Waals surface area contributed by atoms with Gasteiger partial charge in [0.25, 0.3) is 0 Å². The minimum atomic E-state index is 0.701. The molecule has 0 aromatic carbocycles. The van der Waals surface area contributed by atoms with Gasteiger partial charge in [-0.1, -0.05) is 6.92 Å². The summed E-state index contributed by atoms with van der Waals surface area (Å²) in [5, 5.41) is 6.00. The molecular formula is C15H24N2S. The first-order valence-corrected chi connectivity index (χ1v) is 8.20. The van der Waals surface area contributed by atoms with Gasteiger partial charge in [-0.3, -0.25) is 4.90 Å². The van der Waals surface area contributed by atoms with Crippen molar-refractivity contribution in [2.24, 2.45) is 0 Å². The van der Waals surface area contributed by atoms with Gasteiger partial charge >= 0.3 is 0 Å². The summed E-state index contributed by atoms with van der Waals surface area (Å²) in [6.45, 7) is 6.97. The average molecular weight is 264 g/mol. The second kappa shape index (κ2) is 5.32. The van der Waals surface area contributed by atoms with E-state index >= 15 is 0 Å². The molecule has 0 amide bonds. The van der Waals surface area contributed by atoms with Gasteiger partial charge in [0.2, 0.25) is 0 Å². The maximum atomic E-state index is 3.77. The Bertz CT molecular complexity index is 397. The fraction of sp³-hybridized carbons (Fsp3) is 0.733. The van der Waals surface area contributed by atoms with Crippen LogP contribution in [-0.4, -0.2) is 29.6 Å². The SMILES string of the molecule is CCc1ccsc1CNC1CC(C)N(C2CC2)C1. The number of aryl methyl sites for hydroxylation is 1. The molecule has 1 aromatic rings. The lowest BCUT2D eigenvalue weighted by Gasteiger charge is -2.19. The van der Waals surface area contributed by atoms with E-state index < -0.39 is 0 Å². The van der Waals surface area contributed by atoms with Crippen molar-refractivity contribution in [2.45, 2.75) is 64.2 Å². The number of nitrogens with zero attached hydrogens (tertiary/aromatic N) is 1. The van der Waals surface area contributed by atoms with Crippen LogP contribution in [0, 0.1) is 0 Å². The summed E-state index contributed by atoms with van der Waals surface area (Å²) < 4.78 is 0. The van der Waals surface area contributed by atoms with E-state index in [0.717, 1.165) is 25.0 Å². The summed E-state index contributed by atoms with van der Waals surface area (Å²) >= 11 is 1.90. The molecule has 3 heteroatoms. The molecule has 100 valence electrons. The van der Waals surface area contributed by atoms with Crippen molar-refractivity contribution in [3.63, 3.8) is 0 Å². The highest BCUT2D eigenvalue weighted by atomic mass is 32.1. The Morgan fingerprint density at radius 1 is 1.44 bits per heavy atom. The molecule has 1 aliphatic heterocycles. The minimum Gasteiger partial charge on any atom is -0.308 e. The largest absolute Gasteiger partial charge is 0.308 e. The zero-order chi connectivity index (χ0) is 12.5. The van der Waals surface area contributed by atoms with E-state index in [9.17, 15) is 0 Å². The molecule has 2 unspecified atom stereocenters. The van der Waals surface area contributed by atoms with Crippen LogP contribution < -0.4 is 5.32 Å². The summed E-state index contributed by atoms with van der Waals surface area (Å²) in [6, 6.07) is 4.67. The van der Waals surface area contributed by atoms with Gasteiger partial charge in [-0.25, -0.2) is 0 Å². The Balaban J connectivity index is 1.52. The normalized spacial score (nSPS) is 29.0. The highest BCUT2D eigenvalue weighted by Crippen LogP contribution is 2.33. The van der Waals surface area contributed by atoms with Crippen LogP contribution in [0.3, 0.4) is 0 Å². The standard InChI is InChI=1S/C15H24N2S/c1-3-12-6-7-18-15(12)9-16-13-8-11(2)17(10-13)14-4-5-14/h6-7,11,13-14,16H,3-5,8-10H2,1-2H3. The molecule has 1 saturated heterocycles. The van der Waals surface area contributed by atoms with Crippen molar-refractivity contribution in [1.29, 1.82) is 0 Å². The monoisotopic (exact) mass is 264 g/mol. The highest BCUT2D eigenvalue weighted by molar-refractivity contribution is 7.10. The van der Waals surface area contributed by atoms with Crippen molar-refractivity contribution in [3.05, 3.63) is 21.9 Å². The molecule has 0 spiro atoms. The van der Waals surface area contributed by atoms with Gasteiger partial charge in [-0.15, -0.1) is 11.3 Å². The van der Waals surface area contributed by atoms with Crippen molar-refractivity contribution >= 4 is 11.3 Å². The van der Waals surface area contributed by atoms with Crippen molar-refractivity contribution in [1.82, 2.24) is 10.2 Å². The number of nitrogens with one attached hydrogen (secondary N) is 1. The van der Waals surface area contributed by atoms with E-state index in [2.05, 4.69) is 35.5 Å². The molecule has 2 fully saturated rings. The number of thiophene rings is 1. The smallest absolute Gasteiger partial charge is 0.0305 e. The van der Waals surface area contributed by atoms with Gasteiger partial charge in [0.15, 0.2) is 0 Å². The lowest BCUT2D eigenvalue weighted by molar-refractivity contribution is 0.255.